The van der Waals surface area contributed by atoms with Gasteiger partial charge in [0.25, 0.3) is 11.6 Å². The minimum Gasteiger partial charge on any atom is -0.490 e. The van der Waals surface area contributed by atoms with Crippen molar-refractivity contribution in [3.8, 4) is 11.8 Å². The third kappa shape index (κ3) is 3.81. The molecule has 1 aliphatic carbocycles. The highest BCUT2D eigenvalue weighted by molar-refractivity contribution is 5.81. The molecule has 2 unspecified atom stereocenters. The van der Waals surface area contributed by atoms with Gasteiger partial charge in [-0.3, -0.25) is 14.2 Å². The van der Waals surface area contributed by atoms with E-state index in [0.717, 1.165) is 12.2 Å². The van der Waals surface area contributed by atoms with Crippen LogP contribution in [-0.2, 0) is 16.8 Å². The van der Waals surface area contributed by atoms with E-state index in [9.17, 15) is 9.59 Å². The Kier molecular flexibility index (Phi) is 4.52. The second-order valence-electron chi connectivity index (χ2n) is 9.07. The maximum Gasteiger partial charge on any atom is 0.300 e. The van der Waals surface area contributed by atoms with Gasteiger partial charge in [0.15, 0.2) is 6.10 Å². The summed E-state index contributed by atoms with van der Waals surface area (Å²) in [6.45, 7) is 7.50. The maximum absolute atomic E-state index is 12.2. The van der Waals surface area contributed by atoms with Crippen LogP contribution in [0.2, 0.25) is 0 Å². The van der Waals surface area contributed by atoms with Crippen molar-refractivity contribution in [3.63, 3.8) is 0 Å². The predicted molar refractivity (Wildman–Crippen MR) is 105 cm³/mol. The molecular weight excluding hydrogens is 356 g/mol. The van der Waals surface area contributed by atoms with Crippen molar-refractivity contribution < 1.29 is 14.3 Å². The predicted octanol–water partition coefficient (Wildman–Crippen LogP) is 3.12. The molecule has 1 aliphatic heterocycles. The summed E-state index contributed by atoms with van der Waals surface area (Å²) in [5.74, 6) is 1.10. The molecule has 6 nitrogen and oxygen atoms in total. The molecule has 0 N–H and O–H groups in total. The molecule has 0 saturated heterocycles. The molecule has 2 heterocycles. The second kappa shape index (κ2) is 6.76. The van der Waals surface area contributed by atoms with E-state index in [4.69, 9.17) is 9.47 Å². The quantitative estimate of drug-likeness (QED) is 0.813. The lowest BCUT2D eigenvalue weighted by Crippen LogP contribution is -2.38. The number of ketones is 1. The molecule has 4 rings (SSSR count). The van der Waals surface area contributed by atoms with Crippen LogP contribution < -0.4 is 15.0 Å². The van der Waals surface area contributed by atoms with E-state index >= 15 is 0 Å². The fourth-order valence-electron chi connectivity index (χ4n) is 4.70. The van der Waals surface area contributed by atoms with Gasteiger partial charge >= 0.3 is 0 Å². The molecular formula is C22H26N2O4. The first-order chi connectivity index (χ1) is 13.2. The molecule has 0 radical (unpaired) electrons. The Morgan fingerprint density at radius 3 is 2.61 bits per heavy atom. The number of ether oxygens (including phenoxy) is 2. The number of hydrogen-bond acceptors (Lipinski definition) is 5. The standard InChI is InChI=1S/C22H26N2O4/c1-21(2)10-16(25)11-22(3,14-21)15-4-6-17(7-5-15)27-13-18-12-24-9-8-19(26)23-20(24)28-18/h4-9,18H,10-14H2,1-3H3. The van der Waals surface area contributed by atoms with E-state index in [-0.39, 0.29) is 22.5 Å². The maximum atomic E-state index is 12.2. The van der Waals surface area contributed by atoms with Gasteiger partial charge in [-0.25, -0.2) is 0 Å². The molecule has 1 aromatic carbocycles. The van der Waals surface area contributed by atoms with Crippen LogP contribution in [0.5, 0.6) is 11.8 Å². The number of Topliss-reactive ketones (excluding diaryl/α,β-unsaturated/α-hetero) is 1. The number of hydrogen-bond donors (Lipinski definition) is 0. The van der Waals surface area contributed by atoms with E-state index in [2.05, 4.69) is 37.9 Å². The van der Waals surface area contributed by atoms with Gasteiger partial charge in [-0.05, 0) is 34.9 Å². The number of carbonyl (C=O) groups is 1. The lowest BCUT2D eigenvalue weighted by Gasteiger charge is -2.42. The van der Waals surface area contributed by atoms with Gasteiger partial charge in [-0.15, -0.1) is 0 Å². The van der Waals surface area contributed by atoms with Crippen molar-refractivity contribution in [1.82, 2.24) is 9.55 Å². The molecule has 28 heavy (non-hydrogen) atoms. The molecule has 0 amide bonds. The number of nitrogens with zero attached hydrogens (tertiary/aromatic N) is 2. The molecule has 6 heteroatoms. The van der Waals surface area contributed by atoms with Gasteiger partial charge < -0.3 is 9.47 Å². The summed E-state index contributed by atoms with van der Waals surface area (Å²) in [6, 6.07) is 9.80. The number of aromatic nitrogens is 2. The van der Waals surface area contributed by atoms with E-state index in [0.29, 0.717) is 37.8 Å². The summed E-state index contributed by atoms with van der Waals surface area (Å²) < 4.78 is 13.4. The van der Waals surface area contributed by atoms with E-state index in [1.165, 1.54) is 11.6 Å². The number of rotatable bonds is 4. The largest absolute Gasteiger partial charge is 0.490 e. The highest BCUT2D eigenvalue weighted by atomic mass is 16.6. The van der Waals surface area contributed by atoms with Crippen LogP contribution in [0.3, 0.4) is 0 Å². The smallest absolute Gasteiger partial charge is 0.300 e. The number of fused-ring (bicyclic) bond motifs is 1. The topological polar surface area (TPSA) is 70.4 Å². The Morgan fingerprint density at radius 2 is 1.89 bits per heavy atom. The first-order valence-electron chi connectivity index (χ1n) is 9.72. The van der Waals surface area contributed by atoms with Crippen LogP contribution in [-0.4, -0.2) is 28.0 Å². The van der Waals surface area contributed by atoms with Crippen molar-refractivity contribution >= 4 is 5.78 Å². The summed E-state index contributed by atoms with van der Waals surface area (Å²) in [7, 11) is 0. The van der Waals surface area contributed by atoms with Crippen molar-refractivity contribution in [2.24, 2.45) is 5.41 Å². The molecule has 1 fully saturated rings. The molecule has 2 atom stereocenters. The van der Waals surface area contributed by atoms with Gasteiger partial charge in [0.2, 0.25) is 0 Å². The Morgan fingerprint density at radius 1 is 1.14 bits per heavy atom. The van der Waals surface area contributed by atoms with Crippen LogP contribution in [0.1, 0.15) is 45.6 Å². The average Bonchev–Trinajstić information content (AvgIpc) is 3.00. The average molecular weight is 382 g/mol. The van der Waals surface area contributed by atoms with Crippen LogP contribution in [0.15, 0.2) is 41.3 Å². The van der Waals surface area contributed by atoms with Gasteiger partial charge in [0.05, 0.1) is 6.54 Å². The molecule has 148 valence electrons. The Labute approximate surface area is 164 Å². The molecule has 1 saturated carbocycles. The fraction of sp³-hybridized carbons (Fsp3) is 0.500. The van der Waals surface area contributed by atoms with E-state index in [1.807, 2.05) is 12.1 Å². The monoisotopic (exact) mass is 382 g/mol. The Bertz CT molecular complexity index is 948. The van der Waals surface area contributed by atoms with Gasteiger partial charge in [0.1, 0.15) is 18.1 Å². The molecule has 2 aromatic rings. The molecule has 0 spiro atoms. The molecule has 0 bridgehead atoms. The summed E-state index contributed by atoms with van der Waals surface area (Å²) in [6.07, 6.45) is 3.76. The zero-order valence-corrected chi connectivity index (χ0v) is 16.6. The summed E-state index contributed by atoms with van der Waals surface area (Å²) in [5.41, 5.74) is 0.768. The summed E-state index contributed by atoms with van der Waals surface area (Å²) >= 11 is 0. The normalized spacial score (nSPS) is 25.8. The van der Waals surface area contributed by atoms with Crippen LogP contribution in [0, 0.1) is 5.41 Å². The second-order valence-corrected chi connectivity index (χ2v) is 9.07. The third-order valence-electron chi connectivity index (χ3n) is 5.64. The van der Waals surface area contributed by atoms with Crippen LogP contribution >= 0.6 is 0 Å². The first-order valence-corrected chi connectivity index (χ1v) is 9.72. The number of benzene rings is 1. The minimum absolute atomic E-state index is 0.0315. The highest BCUT2D eigenvalue weighted by Crippen LogP contribution is 2.46. The van der Waals surface area contributed by atoms with Crippen LogP contribution in [0.25, 0.3) is 0 Å². The summed E-state index contributed by atoms with van der Waals surface area (Å²) in [4.78, 5) is 27.4. The minimum atomic E-state index is -0.304. The van der Waals surface area contributed by atoms with Crippen molar-refractivity contribution in [3.05, 3.63) is 52.4 Å². The van der Waals surface area contributed by atoms with E-state index < -0.39 is 0 Å². The molecule has 1 aromatic heterocycles. The van der Waals surface area contributed by atoms with E-state index in [1.54, 1.807) is 10.8 Å². The SMILES string of the molecule is CC1(C)CC(=O)CC(C)(c2ccc(OCC3Cn4ccc(=O)nc4O3)cc2)C1. The van der Waals surface area contributed by atoms with Crippen molar-refractivity contribution in [2.75, 3.05) is 6.61 Å². The van der Waals surface area contributed by atoms with Gasteiger partial charge in [0, 0.05) is 25.1 Å². The van der Waals surface area contributed by atoms with Crippen molar-refractivity contribution in [1.29, 1.82) is 0 Å². The Balaban J connectivity index is 1.39. The lowest BCUT2D eigenvalue weighted by molar-refractivity contribution is -0.125. The van der Waals surface area contributed by atoms with Gasteiger partial charge in [-0.1, -0.05) is 32.9 Å². The third-order valence-corrected chi connectivity index (χ3v) is 5.64. The van der Waals surface area contributed by atoms with Gasteiger partial charge in [-0.2, -0.15) is 4.98 Å². The van der Waals surface area contributed by atoms with Crippen molar-refractivity contribution in [2.45, 2.75) is 58.1 Å². The first kappa shape index (κ1) is 18.7. The fourth-order valence-corrected chi connectivity index (χ4v) is 4.70. The molecule has 2 aliphatic rings. The zero-order valence-electron chi connectivity index (χ0n) is 16.6. The van der Waals surface area contributed by atoms with Crippen LogP contribution in [0.4, 0.5) is 0 Å². The zero-order chi connectivity index (χ0) is 19.9. The highest BCUT2D eigenvalue weighted by Gasteiger charge is 2.41. The Hall–Kier alpha value is -2.63. The summed E-state index contributed by atoms with van der Waals surface area (Å²) in [5, 5.41) is 0. The lowest BCUT2D eigenvalue weighted by atomic mass is 9.61. The number of carbonyl (C=O) groups excluding carboxylic acids is 1.